The lowest BCUT2D eigenvalue weighted by Crippen LogP contribution is -2.67. The molecule has 6 rings (SSSR count). The molecule has 0 saturated heterocycles. The van der Waals surface area contributed by atoms with Gasteiger partial charge in [0.2, 0.25) is 5.78 Å². The molecule has 286 valence electrons. The van der Waals surface area contributed by atoms with Crippen LogP contribution in [0.15, 0.2) is 95.8 Å². The number of fused-ring (bicyclic) bond motifs is 3. The van der Waals surface area contributed by atoms with E-state index < -0.39 is 75.0 Å². The lowest BCUT2D eigenvalue weighted by molar-refractivity contribution is -0.159. The van der Waals surface area contributed by atoms with Crippen LogP contribution in [-0.4, -0.2) is 106 Å². The molecule has 53 heavy (non-hydrogen) atoms. The molecule has 0 spiro atoms. The number of aliphatic hydroxyl groups is 4. The predicted molar refractivity (Wildman–Crippen MR) is 204 cm³/mol. The summed E-state index contributed by atoms with van der Waals surface area (Å²) in [6.45, 7) is 3.05. The maximum Gasteiger partial charge on any atom is 0.255 e. The summed E-state index contributed by atoms with van der Waals surface area (Å²) in [4.78, 5) is 42.1. The number of phenols is 1. The number of ketones is 2. The summed E-state index contributed by atoms with van der Waals surface area (Å²) in [5.74, 6) is -7.90. The summed E-state index contributed by atoms with van der Waals surface area (Å²) in [7, 11) is 7.13. The van der Waals surface area contributed by atoms with Crippen LogP contribution in [0.25, 0.3) is 5.76 Å². The van der Waals surface area contributed by atoms with Gasteiger partial charge in [-0.05, 0) is 64.3 Å². The summed E-state index contributed by atoms with van der Waals surface area (Å²) < 4.78 is 6.08. The fraction of sp³-hybridized carbons (Fsp3) is 0.359. The van der Waals surface area contributed by atoms with Gasteiger partial charge >= 0.3 is 0 Å². The van der Waals surface area contributed by atoms with Gasteiger partial charge in [0.05, 0.1) is 23.8 Å². The lowest BCUT2D eigenvalue weighted by atomic mass is 9.54. The SMILES string of the molecule is CN(C)CCOC(c1ccccc1)c1ccccc1.CN(C)[C@@H]1C(=O)C(C(N)=O)=C(O)[C@@]2(O)C(=O)C3=C(O)c4c(O)cccc4[C@@](C)(O)[C@H]3C[C@@H]12.Cl.Cl. The van der Waals surface area contributed by atoms with Crippen LogP contribution in [0.1, 0.15) is 41.7 Å². The Bertz CT molecular complexity index is 1840. The zero-order valence-corrected chi connectivity index (χ0v) is 31.7. The predicted octanol–water partition coefficient (Wildman–Crippen LogP) is 3.83. The number of nitrogens with zero attached hydrogens (tertiary/aromatic N) is 2. The van der Waals surface area contributed by atoms with Gasteiger partial charge in [0.1, 0.15) is 28.9 Å². The number of primary amides is 1. The Balaban J connectivity index is 0.000000310. The topological polar surface area (TPSA) is 194 Å². The summed E-state index contributed by atoms with van der Waals surface area (Å²) >= 11 is 0. The van der Waals surface area contributed by atoms with E-state index in [2.05, 4.69) is 67.5 Å². The molecule has 1 amide bonds. The van der Waals surface area contributed by atoms with Crippen LogP contribution in [0.2, 0.25) is 0 Å². The van der Waals surface area contributed by atoms with Crippen molar-refractivity contribution in [2.24, 2.45) is 17.6 Å². The van der Waals surface area contributed by atoms with Crippen molar-refractivity contribution in [3.63, 3.8) is 0 Å². The number of hydrogen-bond donors (Lipinski definition) is 6. The molecule has 14 heteroatoms. The number of rotatable bonds is 8. The molecule has 3 aromatic rings. The Morgan fingerprint density at radius 3 is 1.92 bits per heavy atom. The number of aromatic hydroxyl groups is 1. The first kappa shape index (κ1) is 43.1. The second-order valence-corrected chi connectivity index (χ2v) is 13.8. The van der Waals surface area contributed by atoms with Crippen molar-refractivity contribution in [1.29, 1.82) is 0 Å². The number of nitrogens with two attached hydrogens (primary N) is 1. The minimum Gasteiger partial charge on any atom is -0.508 e. The zero-order chi connectivity index (χ0) is 37.4. The molecule has 0 heterocycles. The number of phenolic OH excluding ortho intramolecular Hbond substituents is 1. The molecular weight excluding hydrogens is 725 g/mol. The Morgan fingerprint density at radius 1 is 0.887 bits per heavy atom. The standard InChI is InChI=1S/C22H24N2O8.C17H21NO.2ClH/c1-21(31)8-5-4-6-11(25)12(8)16(26)13-9(21)7-10-15(24(2)3)17(27)14(20(23)30)19(29)22(10,32)18(13)28;1-18(2)13-14-19-17(15-9-5-3-6-10-15)16-11-7-4-8-12-16;;/h4-6,9-10,15,25-26,29,31-32H,7H2,1-3H3,(H2,23,30);3-12,17H,13-14H2,1-2H3;2*1H/t9-,10-,15-,21+,22-;;;/m0.../s1. The van der Waals surface area contributed by atoms with Crippen LogP contribution in [-0.2, 0) is 24.7 Å². The summed E-state index contributed by atoms with van der Waals surface area (Å²) in [6.07, 6.45) is -0.184. The average Bonchev–Trinajstić information content (AvgIpc) is 3.08. The van der Waals surface area contributed by atoms with Gasteiger partial charge in [-0.1, -0.05) is 72.8 Å². The molecule has 0 radical (unpaired) electrons. The number of halogens is 2. The van der Waals surface area contributed by atoms with Crippen molar-refractivity contribution in [1.82, 2.24) is 9.80 Å². The van der Waals surface area contributed by atoms with Crippen molar-refractivity contribution in [2.45, 2.75) is 36.7 Å². The Labute approximate surface area is 321 Å². The van der Waals surface area contributed by atoms with Crippen LogP contribution in [0.4, 0.5) is 0 Å². The Morgan fingerprint density at radius 2 is 1.43 bits per heavy atom. The van der Waals surface area contributed by atoms with Crippen LogP contribution < -0.4 is 5.73 Å². The average molecular weight is 773 g/mol. The van der Waals surface area contributed by atoms with Crippen molar-refractivity contribution in [3.05, 3.63) is 118 Å². The van der Waals surface area contributed by atoms with Crippen LogP contribution in [0.5, 0.6) is 5.75 Å². The Hall–Kier alpha value is -4.27. The van der Waals surface area contributed by atoms with Gasteiger partial charge in [-0.3, -0.25) is 19.3 Å². The van der Waals surface area contributed by atoms with Crippen molar-refractivity contribution in [2.75, 3.05) is 41.3 Å². The Kier molecular flexibility index (Phi) is 13.7. The van der Waals surface area contributed by atoms with Crippen LogP contribution >= 0.6 is 24.8 Å². The number of aliphatic hydroxyl groups excluding tert-OH is 2. The number of amides is 1. The second kappa shape index (κ2) is 16.8. The van der Waals surface area contributed by atoms with Crippen molar-refractivity contribution >= 4 is 48.0 Å². The molecule has 0 aromatic heterocycles. The molecular formula is C39H47Cl2N3O9. The number of Topliss-reactive ketones (excluding diaryl/α,β-unsaturated/α-hetero) is 2. The summed E-state index contributed by atoms with van der Waals surface area (Å²) in [5, 5.41) is 54.9. The van der Waals surface area contributed by atoms with E-state index >= 15 is 0 Å². The van der Waals surface area contributed by atoms with Crippen molar-refractivity contribution < 1.29 is 44.7 Å². The third kappa shape index (κ3) is 7.72. The lowest BCUT2D eigenvalue weighted by Gasteiger charge is -2.53. The third-order valence-corrected chi connectivity index (χ3v) is 10.0. The largest absolute Gasteiger partial charge is 0.508 e. The normalized spacial score (nSPS) is 24.8. The molecule has 0 bridgehead atoms. The van der Waals surface area contributed by atoms with Gasteiger partial charge in [0.25, 0.3) is 5.91 Å². The minimum atomic E-state index is -2.75. The fourth-order valence-corrected chi connectivity index (χ4v) is 7.50. The maximum atomic E-state index is 13.7. The van der Waals surface area contributed by atoms with Gasteiger partial charge in [0.15, 0.2) is 11.4 Å². The molecule has 1 saturated carbocycles. The second-order valence-electron chi connectivity index (χ2n) is 13.8. The smallest absolute Gasteiger partial charge is 0.255 e. The highest BCUT2D eigenvalue weighted by Gasteiger charge is 2.66. The number of carbonyl (C=O) groups excluding carboxylic acids is 3. The highest BCUT2D eigenvalue weighted by Crippen LogP contribution is 2.57. The highest BCUT2D eigenvalue weighted by molar-refractivity contribution is 6.24. The molecule has 3 aromatic carbocycles. The molecule has 0 aliphatic heterocycles. The number of hydrogen-bond acceptors (Lipinski definition) is 11. The maximum absolute atomic E-state index is 13.7. The minimum absolute atomic E-state index is 0. The van der Waals surface area contributed by atoms with E-state index in [0.29, 0.717) is 0 Å². The zero-order valence-electron chi connectivity index (χ0n) is 30.1. The van der Waals surface area contributed by atoms with Gasteiger partial charge in [-0.2, -0.15) is 0 Å². The number of carbonyl (C=O) groups is 3. The van der Waals surface area contributed by atoms with Gasteiger partial charge in [-0.15, -0.1) is 24.8 Å². The van der Waals surface area contributed by atoms with Gasteiger partial charge < -0.3 is 40.9 Å². The van der Waals surface area contributed by atoms with E-state index in [0.717, 1.165) is 13.2 Å². The van der Waals surface area contributed by atoms with E-state index in [1.807, 2.05) is 12.1 Å². The fourth-order valence-electron chi connectivity index (χ4n) is 7.50. The molecule has 0 unspecified atom stereocenters. The first-order valence-corrected chi connectivity index (χ1v) is 16.6. The number of likely N-dealkylation sites (N-methyl/N-ethyl adjacent to an activating group) is 2. The van der Waals surface area contributed by atoms with E-state index in [1.54, 1.807) is 0 Å². The monoisotopic (exact) mass is 771 g/mol. The molecule has 3 aliphatic rings. The quantitative estimate of drug-likeness (QED) is 0.182. The van der Waals surface area contributed by atoms with Crippen LogP contribution in [0.3, 0.4) is 0 Å². The molecule has 1 fully saturated rings. The van der Waals surface area contributed by atoms with E-state index in [4.69, 9.17) is 10.5 Å². The summed E-state index contributed by atoms with van der Waals surface area (Å²) in [5.41, 5.74) is 1.85. The first-order chi connectivity index (χ1) is 24.0. The van der Waals surface area contributed by atoms with E-state index in [9.17, 15) is 39.9 Å². The van der Waals surface area contributed by atoms with Crippen molar-refractivity contribution in [3.8, 4) is 5.75 Å². The first-order valence-electron chi connectivity index (χ1n) is 16.6. The molecule has 5 atom stereocenters. The summed E-state index contributed by atoms with van der Waals surface area (Å²) in [6, 6.07) is 23.8. The van der Waals surface area contributed by atoms with Gasteiger partial charge in [0, 0.05) is 24.0 Å². The van der Waals surface area contributed by atoms with Crippen LogP contribution in [0, 0.1) is 11.8 Å². The number of ether oxygens (including phenoxy) is 1. The van der Waals surface area contributed by atoms with Gasteiger partial charge in [-0.25, -0.2) is 0 Å². The molecule has 3 aliphatic carbocycles. The van der Waals surface area contributed by atoms with E-state index in [-0.39, 0.29) is 48.5 Å². The molecule has 7 N–H and O–H groups in total. The number of benzene rings is 3. The third-order valence-electron chi connectivity index (χ3n) is 10.0. The highest BCUT2D eigenvalue weighted by atomic mass is 35.5. The van der Waals surface area contributed by atoms with E-state index in [1.165, 1.54) is 55.2 Å². The molecule has 12 nitrogen and oxygen atoms in total.